The second-order valence-electron chi connectivity index (χ2n) is 8.32. The molecule has 1 saturated carbocycles. The highest BCUT2D eigenvalue weighted by molar-refractivity contribution is 5.98. The molecule has 0 aromatic rings. The fourth-order valence-corrected chi connectivity index (χ4v) is 4.80. The highest BCUT2D eigenvalue weighted by Gasteiger charge is 2.65. The molecule has 6 nitrogen and oxygen atoms in total. The van der Waals surface area contributed by atoms with E-state index in [-0.39, 0.29) is 29.5 Å². The standard InChI is InChI=1S/C20H28O6/c1-6-9(2)18(23)26-17-14-11(4)19(24)25-16(14)15(22)10(3)12-7-8-13(21)20(12,17)5/h7-12,14-17,22H,6H2,1-5H3/t9-,10+,11+,12+,14-,15-,16+,17+,20+/m1/s1. The van der Waals surface area contributed by atoms with Crippen molar-refractivity contribution in [3.8, 4) is 0 Å². The number of allylic oxidation sites excluding steroid dienone is 2. The van der Waals surface area contributed by atoms with Crippen molar-refractivity contribution in [2.45, 2.75) is 59.4 Å². The van der Waals surface area contributed by atoms with Crippen LogP contribution in [0.25, 0.3) is 0 Å². The van der Waals surface area contributed by atoms with Crippen molar-refractivity contribution < 1.29 is 29.0 Å². The zero-order valence-corrected chi connectivity index (χ0v) is 16.0. The lowest BCUT2D eigenvalue weighted by Gasteiger charge is -2.40. The maximum Gasteiger partial charge on any atom is 0.309 e. The van der Waals surface area contributed by atoms with Crippen LogP contribution in [0.1, 0.15) is 41.0 Å². The number of aliphatic hydroxyl groups excluding tert-OH is 1. The molecule has 0 bridgehead atoms. The minimum Gasteiger partial charge on any atom is -0.461 e. The van der Waals surface area contributed by atoms with E-state index in [4.69, 9.17) is 9.47 Å². The van der Waals surface area contributed by atoms with Crippen LogP contribution in [-0.2, 0) is 23.9 Å². The van der Waals surface area contributed by atoms with E-state index in [9.17, 15) is 19.5 Å². The number of rotatable bonds is 3. The van der Waals surface area contributed by atoms with E-state index in [2.05, 4.69) is 0 Å². The zero-order chi connectivity index (χ0) is 19.4. The van der Waals surface area contributed by atoms with Gasteiger partial charge in [-0.1, -0.05) is 33.8 Å². The molecule has 0 aromatic heterocycles. The molecule has 3 rings (SSSR count). The van der Waals surface area contributed by atoms with E-state index in [1.54, 1.807) is 26.8 Å². The van der Waals surface area contributed by atoms with Crippen molar-refractivity contribution in [1.29, 1.82) is 0 Å². The molecular weight excluding hydrogens is 336 g/mol. The largest absolute Gasteiger partial charge is 0.461 e. The highest BCUT2D eigenvalue weighted by atomic mass is 16.6. The van der Waals surface area contributed by atoms with Crippen LogP contribution in [-0.4, -0.2) is 41.1 Å². The first-order valence-electron chi connectivity index (χ1n) is 9.46. The number of ketones is 1. The van der Waals surface area contributed by atoms with Crippen LogP contribution in [0.4, 0.5) is 0 Å². The Morgan fingerprint density at radius 2 is 2.04 bits per heavy atom. The Hall–Kier alpha value is -1.69. The van der Waals surface area contributed by atoms with Crippen LogP contribution in [0.5, 0.6) is 0 Å². The van der Waals surface area contributed by atoms with Gasteiger partial charge < -0.3 is 14.6 Å². The van der Waals surface area contributed by atoms with Gasteiger partial charge in [-0.05, 0) is 31.3 Å². The van der Waals surface area contributed by atoms with Gasteiger partial charge in [-0.2, -0.15) is 0 Å². The van der Waals surface area contributed by atoms with Crippen LogP contribution in [0, 0.1) is 35.0 Å². The molecule has 0 spiro atoms. The third-order valence-electron chi connectivity index (χ3n) is 6.90. The third kappa shape index (κ3) is 2.53. The average molecular weight is 364 g/mol. The first kappa shape index (κ1) is 19.1. The first-order valence-corrected chi connectivity index (χ1v) is 9.46. The molecule has 3 aliphatic rings. The van der Waals surface area contributed by atoms with E-state index >= 15 is 0 Å². The predicted molar refractivity (Wildman–Crippen MR) is 92.8 cm³/mol. The summed E-state index contributed by atoms with van der Waals surface area (Å²) in [6, 6.07) is 0. The highest BCUT2D eigenvalue weighted by Crippen LogP contribution is 2.54. The van der Waals surface area contributed by atoms with Gasteiger partial charge in [0, 0.05) is 5.92 Å². The summed E-state index contributed by atoms with van der Waals surface area (Å²) in [7, 11) is 0. The molecule has 0 aromatic carbocycles. The molecular formula is C20H28O6. The molecule has 0 amide bonds. The summed E-state index contributed by atoms with van der Waals surface area (Å²) in [4.78, 5) is 37.7. The van der Waals surface area contributed by atoms with Crippen molar-refractivity contribution in [3.63, 3.8) is 0 Å². The summed E-state index contributed by atoms with van der Waals surface area (Å²) in [5.41, 5.74) is -1.01. The Morgan fingerprint density at radius 1 is 1.38 bits per heavy atom. The molecule has 1 aliphatic heterocycles. The number of hydrogen-bond acceptors (Lipinski definition) is 6. The maximum atomic E-state index is 12.9. The van der Waals surface area contributed by atoms with E-state index in [0.717, 1.165) is 0 Å². The van der Waals surface area contributed by atoms with Crippen molar-refractivity contribution in [2.24, 2.45) is 35.0 Å². The number of carbonyl (C=O) groups is 3. The summed E-state index contributed by atoms with van der Waals surface area (Å²) >= 11 is 0. The van der Waals surface area contributed by atoms with Gasteiger partial charge >= 0.3 is 11.9 Å². The third-order valence-corrected chi connectivity index (χ3v) is 6.90. The van der Waals surface area contributed by atoms with Gasteiger partial charge in [-0.25, -0.2) is 0 Å². The molecule has 2 aliphatic carbocycles. The van der Waals surface area contributed by atoms with Gasteiger partial charge in [0.25, 0.3) is 0 Å². The second kappa shape index (κ2) is 6.48. The average Bonchev–Trinajstić information content (AvgIpc) is 3.06. The Bertz CT molecular complexity index is 655. The minimum absolute atomic E-state index is 0.129. The Balaban J connectivity index is 2.09. The number of fused-ring (bicyclic) bond motifs is 2. The topological polar surface area (TPSA) is 89.9 Å². The van der Waals surface area contributed by atoms with Gasteiger partial charge in [0.05, 0.1) is 23.4 Å². The maximum absolute atomic E-state index is 12.9. The number of aliphatic hydroxyl groups is 1. The first-order chi connectivity index (χ1) is 12.1. The lowest BCUT2D eigenvalue weighted by Crippen LogP contribution is -2.51. The SMILES string of the molecule is CC[C@@H](C)C(=O)O[C@H]1[C@H]2[C@H](OC(=O)[C@H]2C)[C@H](O)[C@@H](C)[C@@H]2C=CC(=O)[C@]21C. The Labute approximate surface area is 153 Å². The molecule has 1 N–H and O–H groups in total. The van der Waals surface area contributed by atoms with Gasteiger partial charge in [0.2, 0.25) is 0 Å². The summed E-state index contributed by atoms with van der Waals surface area (Å²) < 4.78 is 11.4. The molecule has 144 valence electrons. The van der Waals surface area contributed by atoms with Crippen LogP contribution >= 0.6 is 0 Å². The molecule has 0 unspecified atom stereocenters. The summed E-state index contributed by atoms with van der Waals surface area (Å²) in [5.74, 6) is -2.93. The quantitative estimate of drug-likeness (QED) is 0.769. The lowest BCUT2D eigenvalue weighted by atomic mass is 9.66. The molecule has 0 radical (unpaired) electrons. The van der Waals surface area contributed by atoms with Crippen molar-refractivity contribution in [1.82, 2.24) is 0 Å². The predicted octanol–water partition coefficient (Wildman–Crippen LogP) is 1.89. The summed E-state index contributed by atoms with van der Waals surface area (Å²) in [6.07, 6.45) is 1.43. The van der Waals surface area contributed by atoms with Gasteiger partial charge in [-0.15, -0.1) is 0 Å². The fraction of sp³-hybridized carbons (Fsp3) is 0.750. The number of esters is 2. The van der Waals surface area contributed by atoms with E-state index in [1.165, 1.54) is 6.08 Å². The van der Waals surface area contributed by atoms with E-state index < -0.39 is 41.5 Å². The van der Waals surface area contributed by atoms with Gasteiger partial charge in [0.15, 0.2) is 5.78 Å². The Morgan fingerprint density at radius 3 is 2.65 bits per heavy atom. The number of carbonyl (C=O) groups excluding carboxylic acids is 3. The fourth-order valence-electron chi connectivity index (χ4n) is 4.80. The molecule has 9 atom stereocenters. The van der Waals surface area contributed by atoms with Gasteiger partial charge in [-0.3, -0.25) is 14.4 Å². The Kier molecular flexibility index (Phi) is 4.76. The van der Waals surface area contributed by atoms with E-state index in [0.29, 0.717) is 6.42 Å². The van der Waals surface area contributed by atoms with Crippen LogP contribution in [0.15, 0.2) is 12.2 Å². The molecule has 1 saturated heterocycles. The minimum atomic E-state index is -1.01. The monoisotopic (exact) mass is 364 g/mol. The second-order valence-corrected chi connectivity index (χ2v) is 8.32. The molecule has 26 heavy (non-hydrogen) atoms. The number of hydrogen-bond donors (Lipinski definition) is 1. The summed E-state index contributed by atoms with van der Waals surface area (Å²) in [5, 5.41) is 10.9. The van der Waals surface area contributed by atoms with Crippen LogP contribution in [0.3, 0.4) is 0 Å². The van der Waals surface area contributed by atoms with Gasteiger partial charge in [0.1, 0.15) is 12.2 Å². The molecule has 6 heteroatoms. The van der Waals surface area contributed by atoms with Crippen LogP contribution in [0.2, 0.25) is 0 Å². The van der Waals surface area contributed by atoms with Crippen molar-refractivity contribution in [2.75, 3.05) is 0 Å². The van der Waals surface area contributed by atoms with E-state index in [1.807, 2.05) is 13.8 Å². The summed E-state index contributed by atoms with van der Waals surface area (Å²) in [6.45, 7) is 9.03. The smallest absolute Gasteiger partial charge is 0.309 e. The zero-order valence-electron chi connectivity index (χ0n) is 16.0. The normalized spacial score (nSPS) is 45.5. The molecule has 1 heterocycles. The van der Waals surface area contributed by atoms with Crippen LogP contribution < -0.4 is 0 Å². The van der Waals surface area contributed by atoms with Crippen molar-refractivity contribution >= 4 is 17.7 Å². The van der Waals surface area contributed by atoms with Crippen molar-refractivity contribution in [3.05, 3.63) is 12.2 Å². The lowest BCUT2D eigenvalue weighted by molar-refractivity contribution is -0.171. The number of ether oxygens (including phenoxy) is 2. The molecule has 2 fully saturated rings.